The molecule has 1 rings (SSSR count). The van der Waals surface area contributed by atoms with Gasteiger partial charge in [0.05, 0.1) is 0 Å². The quantitative estimate of drug-likeness (QED) is 0.727. The number of ether oxygens (including phenoxy) is 1. The van der Waals surface area contributed by atoms with Crippen LogP contribution in [0.2, 0.25) is 0 Å². The predicted octanol–water partition coefficient (Wildman–Crippen LogP) is 2.18. The third-order valence-electron chi connectivity index (χ3n) is 2.05. The molecule has 0 aliphatic carbocycles. The summed E-state index contributed by atoms with van der Waals surface area (Å²) in [6.45, 7) is 5.54. The number of hydrogen-bond donors (Lipinski definition) is 1. The number of nitrogens with two attached hydrogens (primary N) is 1. The maximum Gasteiger partial charge on any atom is 0.181 e. The highest BCUT2D eigenvalue weighted by Crippen LogP contribution is 2.24. The Hall–Kier alpha value is -1.69. The molecule has 1 aromatic rings. The van der Waals surface area contributed by atoms with Gasteiger partial charge in [-0.25, -0.2) is 0 Å². The number of rotatable bonds is 2. The fourth-order valence-corrected chi connectivity index (χ4v) is 1.16. The highest BCUT2D eigenvalue weighted by molar-refractivity contribution is 5.53. The monoisotopic (exact) mass is 190 g/mol. The third-order valence-corrected chi connectivity index (χ3v) is 2.05. The van der Waals surface area contributed by atoms with E-state index < -0.39 is 6.10 Å². The van der Waals surface area contributed by atoms with E-state index in [1.807, 2.05) is 32.0 Å². The average molecular weight is 190 g/mol. The lowest BCUT2D eigenvalue weighted by molar-refractivity contribution is 0.274. The van der Waals surface area contributed by atoms with Crippen LogP contribution in [0.5, 0.6) is 5.75 Å². The Morgan fingerprint density at radius 2 is 2.00 bits per heavy atom. The molecular formula is C11H14N2O. The Morgan fingerprint density at radius 3 is 2.57 bits per heavy atom. The van der Waals surface area contributed by atoms with Crippen molar-refractivity contribution < 1.29 is 4.74 Å². The second kappa shape index (κ2) is 4.01. The van der Waals surface area contributed by atoms with Crippen LogP contribution in [-0.2, 0) is 0 Å². The van der Waals surface area contributed by atoms with Crippen molar-refractivity contribution in [2.24, 2.45) is 0 Å². The standard InChI is InChI=1S/C11H14N2O/c1-7-5-11(14-9(3)6-12)8(2)4-10(7)13/h4-5,9H,13H2,1-3H3. The minimum atomic E-state index is -0.434. The van der Waals surface area contributed by atoms with E-state index in [1.165, 1.54) is 0 Å². The highest BCUT2D eigenvalue weighted by Gasteiger charge is 2.06. The molecule has 0 spiro atoms. The van der Waals surface area contributed by atoms with Crippen molar-refractivity contribution in [3.05, 3.63) is 23.3 Å². The molecule has 1 atom stereocenters. The van der Waals surface area contributed by atoms with Crippen molar-refractivity contribution in [1.82, 2.24) is 0 Å². The molecule has 1 aromatic carbocycles. The van der Waals surface area contributed by atoms with Gasteiger partial charge in [0.1, 0.15) is 11.8 Å². The van der Waals surface area contributed by atoms with Crippen LogP contribution < -0.4 is 10.5 Å². The third kappa shape index (κ3) is 2.17. The molecule has 0 aliphatic rings. The molecule has 0 fully saturated rings. The van der Waals surface area contributed by atoms with Gasteiger partial charge in [0.15, 0.2) is 6.10 Å². The molecule has 3 heteroatoms. The van der Waals surface area contributed by atoms with Crippen LogP contribution in [0.4, 0.5) is 5.69 Å². The molecular weight excluding hydrogens is 176 g/mol. The van der Waals surface area contributed by atoms with Gasteiger partial charge in [-0.1, -0.05) is 0 Å². The van der Waals surface area contributed by atoms with E-state index in [0.29, 0.717) is 0 Å². The van der Waals surface area contributed by atoms with Crippen LogP contribution in [0.1, 0.15) is 18.1 Å². The first kappa shape index (κ1) is 10.4. The first-order chi connectivity index (χ1) is 6.54. The second-order valence-electron chi connectivity index (χ2n) is 3.36. The molecule has 0 radical (unpaired) electrons. The SMILES string of the molecule is Cc1cc(OC(C)C#N)c(C)cc1N. The fraction of sp³-hybridized carbons (Fsp3) is 0.364. The zero-order chi connectivity index (χ0) is 10.7. The zero-order valence-electron chi connectivity index (χ0n) is 8.66. The number of benzene rings is 1. The number of nitrogens with zero attached hydrogens (tertiary/aromatic N) is 1. The lowest BCUT2D eigenvalue weighted by atomic mass is 10.1. The number of nitriles is 1. The predicted molar refractivity (Wildman–Crippen MR) is 56.0 cm³/mol. The Bertz CT molecular complexity index is 380. The summed E-state index contributed by atoms with van der Waals surface area (Å²) in [6, 6.07) is 5.74. The molecule has 74 valence electrons. The lowest BCUT2D eigenvalue weighted by Crippen LogP contribution is -2.09. The highest BCUT2D eigenvalue weighted by atomic mass is 16.5. The van der Waals surface area contributed by atoms with Gasteiger partial charge in [0.2, 0.25) is 0 Å². The summed E-state index contributed by atoms with van der Waals surface area (Å²) in [4.78, 5) is 0. The van der Waals surface area contributed by atoms with Gasteiger partial charge in [-0.15, -0.1) is 0 Å². The van der Waals surface area contributed by atoms with Crippen molar-refractivity contribution in [3.63, 3.8) is 0 Å². The van der Waals surface area contributed by atoms with Gasteiger partial charge in [-0.3, -0.25) is 0 Å². The first-order valence-corrected chi connectivity index (χ1v) is 4.47. The number of hydrogen-bond acceptors (Lipinski definition) is 3. The molecule has 1 unspecified atom stereocenters. The minimum absolute atomic E-state index is 0.434. The molecule has 0 bridgehead atoms. The minimum Gasteiger partial charge on any atom is -0.476 e. The van der Waals surface area contributed by atoms with E-state index in [0.717, 1.165) is 22.6 Å². The molecule has 0 amide bonds. The van der Waals surface area contributed by atoms with Crippen LogP contribution in [0.25, 0.3) is 0 Å². The molecule has 0 aliphatic heterocycles. The van der Waals surface area contributed by atoms with Gasteiger partial charge in [0.25, 0.3) is 0 Å². The fourth-order valence-electron chi connectivity index (χ4n) is 1.16. The van der Waals surface area contributed by atoms with Gasteiger partial charge < -0.3 is 10.5 Å². The van der Waals surface area contributed by atoms with Crippen LogP contribution >= 0.6 is 0 Å². The summed E-state index contributed by atoms with van der Waals surface area (Å²) in [5.74, 6) is 0.728. The molecule has 0 heterocycles. The molecule has 0 aromatic heterocycles. The van der Waals surface area contributed by atoms with Crippen LogP contribution in [0.3, 0.4) is 0 Å². The average Bonchev–Trinajstić information content (AvgIpc) is 2.14. The molecule has 14 heavy (non-hydrogen) atoms. The van der Waals surface area contributed by atoms with E-state index in [1.54, 1.807) is 6.92 Å². The molecule has 3 nitrogen and oxygen atoms in total. The summed E-state index contributed by atoms with van der Waals surface area (Å²) in [6.07, 6.45) is -0.434. The normalized spacial score (nSPS) is 11.9. The maximum absolute atomic E-state index is 8.61. The molecule has 2 N–H and O–H groups in total. The van der Waals surface area contributed by atoms with Gasteiger partial charge in [-0.2, -0.15) is 5.26 Å². The van der Waals surface area contributed by atoms with E-state index in [4.69, 9.17) is 15.7 Å². The van der Waals surface area contributed by atoms with Crippen LogP contribution in [0, 0.1) is 25.2 Å². The maximum atomic E-state index is 8.61. The van der Waals surface area contributed by atoms with Gasteiger partial charge >= 0.3 is 0 Å². The van der Waals surface area contributed by atoms with Crippen molar-refractivity contribution in [2.75, 3.05) is 5.73 Å². The van der Waals surface area contributed by atoms with Crippen LogP contribution in [-0.4, -0.2) is 6.10 Å². The van der Waals surface area contributed by atoms with Gasteiger partial charge in [0, 0.05) is 5.69 Å². The van der Waals surface area contributed by atoms with Crippen molar-refractivity contribution >= 4 is 5.69 Å². The van der Waals surface area contributed by atoms with Crippen molar-refractivity contribution in [3.8, 4) is 11.8 Å². The smallest absolute Gasteiger partial charge is 0.181 e. The van der Waals surface area contributed by atoms with Crippen LogP contribution in [0.15, 0.2) is 12.1 Å². The molecule has 0 saturated heterocycles. The summed E-state index contributed by atoms with van der Waals surface area (Å²) >= 11 is 0. The van der Waals surface area contributed by atoms with E-state index in [-0.39, 0.29) is 0 Å². The summed E-state index contributed by atoms with van der Waals surface area (Å²) < 4.78 is 5.41. The van der Waals surface area contributed by atoms with Gasteiger partial charge in [-0.05, 0) is 44.0 Å². The first-order valence-electron chi connectivity index (χ1n) is 4.47. The van der Waals surface area contributed by atoms with E-state index >= 15 is 0 Å². The number of anilines is 1. The second-order valence-corrected chi connectivity index (χ2v) is 3.36. The summed E-state index contributed by atoms with van der Waals surface area (Å²) in [5.41, 5.74) is 8.40. The Kier molecular flexibility index (Phi) is 2.98. The summed E-state index contributed by atoms with van der Waals surface area (Å²) in [7, 11) is 0. The Morgan fingerprint density at radius 1 is 1.36 bits per heavy atom. The summed E-state index contributed by atoms with van der Waals surface area (Å²) in [5, 5.41) is 8.61. The number of nitrogen functional groups attached to an aromatic ring is 1. The van der Waals surface area contributed by atoms with E-state index in [2.05, 4.69) is 0 Å². The van der Waals surface area contributed by atoms with Crippen molar-refractivity contribution in [2.45, 2.75) is 26.9 Å². The number of aryl methyl sites for hydroxylation is 2. The zero-order valence-corrected chi connectivity index (χ0v) is 8.66. The molecule has 0 saturated carbocycles. The topological polar surface area (TPSA) is 59.0 Å². The largest absolute Gasteiger partial charge is 0.476 e. The Labute approximate surface area is 84.1 Å². The lowest BCUT2D eigenvalue weighted by Gasteiger charge is -2.12. The van der Waals surface area contributed by atoms with E-state index in [9.17, 15) is 0 Å². The Balaban J connectivity index is 2.99. The van der Waals surface area contributed by atoms with Crippen molar-refractivity contribution in [1.29, 1.82) is 5.26 Å².